The van der Waals surface area contributed by atoms with Crippen molar-refractivity contribution in [1.29, 1.82) is 0 Å². The molecule has 1 aromatic carbocycles. The van der Waals surface area contributed by atoms with Crippen molar-refractivity contribution in [3.63, 3.8) is 0 Å². The zero-order valence-electron chi connectivity index (χ0n) is 12.2. The van der Waals surface area contributed by atoms with Gasteiger partial charge in [0.1, 0.15) is 12.4 Å². The SMILES string of the molecule is CN1C(=O)CO[C@H](C(=O)Nc2nccs2)[C@H]1c1cccc(F)c1. The highest BCUT2D eigenvalue weighted by Crippen LogP contribution is 2.30. The lowest BCUT2D eigenvalue weighted by Crippen LogP contribution is -2.51. The summed E-state index contributed by atoms with van der Waals surface area (Å²) in [6, 6.07) is 5.10. The lowest BCUT2D eigenvalue weighted by atomic mass is 9.97. The van der Waals surface area contributed by atoms with Crippen LogP contribution >= 0.6 is 11.3 Å². The molecule has 0 unspecified atom stereocenters. The number of thiazole rings is 1. The zero-order chi connectivity index (χ0) is 16.4. The fraction of sp³-hybridized carbons (Fsp3) is 0.267. The lowest BCUT2D eigenvalue weighted by Gasteiger charge is -2.38. The van der Waals surface area contributed by atoms with Gasteiger partial charge in [-0.15, -0.1) is 11.3 Å². The Labute approximate surface area is 135 Å². The summed E-state index contributed by atoms with van der Waals surface area (Å²) < 4.78 is 19.0. The van der Waals surface area contributed by atoms with Crippen LogP contribution in [0.25, 0.3) is 0 Å². The quantitative estimate of drug-likeness (QED) is 0.929. The van der Waals surface area contributed by atoms with Crippen molar-refractivity contribution in [2.75, 3.05) is 19.0 Å². The van der Waals surface area contributed by atoms with Crippen LogP contribution in [0.3, 0.4) is 0 Å². The molecule has 1 fully saturated rings. The molecule has 1 N–H and O–H groups in total. The van der Waals surface area contributed by atoms with Gasteiger partial charge in [0, 0.05) is 18.6 Å². The molecule has 2 heterocycles. The second kappa shape index (κ2) is 6.43. The van der Waals surface area contributed by atoms with Gasteiger partial charge < -0.3 is 9.64 Å². The monoisotopic (exact) mass is 335 g/mol. The number of carbonyl (C=O) groups excluding carboxylic acids is 2. The molecule has 0 radical (unpaired) electrons. The van der Waals surface area contributed by atoms with Crippen LogP contribution in [-0.2, 0) is 14.3 Å². The number of amides is 2. The standard InChI is InChI=1S/C15H14FN3O3S/c1-19-11(20)8-22-13(14(21)18-15-17-5-6-23-15)12(19)9-3-2-4-10(16)7-9/h2-7,12-13H,8H2,1H3,(H,17,18,21)/t12-,13+/m1/s1. The Bertz CT molecular complexity index is 723. The first-order valence-corrected chi connectivity index (χ1v) is 7.77. The predicted molar refractivity (Wildman–Crippen MR) is 82.4 cm³/mol. The summed E-state index contributed by atoms with van der Waals surface area (Å²) in [4.78, 5) is 29.8. The Kier molecular flexibility index (Phi) is 4.35. The number of hydrogen-bond acceptors (Lipinski definition) is 5. The van der Waals surface area contributed by atoms with Crippen LogP contribution < -0.4 is 5.32 Å². The minimum absolute atomic E-state index is 0.196. The summed E-state index contributed by atoms with van der Waals surface area (Å²) in [5, 5.41) is 4.83. The molecule has 2 amide bonds. The number of aromatic nitrogens is 1. The minimum Gasteiger partial charge on any atom is -0.356 e. The van der Waals surface area contributed by atoms with Crippen molar-refractivity contribution in [3.05, 3.63) is 47.2 Å². The van der Waals surface area contributed by atoms with E-state index in [2.05, 4.69) is 10.3 Å². The third-order valence-corrected chi connectivity index (χ3v) is 4.28. The molecule has 1 aliphatic rings. The van der Waals surface area contributed by atoms with Gasteiger partial charge in [-0.1, -0.05) is 12.1 Å². The van der Waals surface area contributed by atoms with Gasteiger partial charge >= 0.3 is 0 Å². The summed E-state index contributed by atoms with van der Waals surface area (Å²) in [5.74, 6) is -1.13. The fourth-order valence-corrected chi connectivity index (χ4v) is 3.01. The number of halogens is 1. The van der Waals surface area contributed by atoms with E-state index < -0.39 is 23.9 Å². The van der Waals surface area contributed by atoms with Crippen molar-refractivity contribution in [3.8, 4) is 0 Å². The molecular weight excluding hydrogens is 321 g/mol. The predicted octanol–water partition coefficient (Wildman–Crippen LogP) is 1.82. The first-order valence-electron chi connectivity index (χ1n) is 6.89. The van der Waals surface area contributed by atoms with E-state index in [9.17, 15) is 14.0 Å². The Hall–Kier alpha value is -2.32. The maximum absolute atomic E-state index is 13.5. The van der Waals surface area contributed by atoms with E-state index in [-0.39, 0.29) is 12.5 Å². The number of morpholine rings is 1. The van der Waals surface area contributed by atoms with E-state index in [0.717, 1.165) is 0 Å². The molecule has 3 rings (SSSR count). The summed E-state index contributed by atoms with van der Waals surface area (Å²) >= 11 is 1.28. The van der Waals surface area contributed by atoms with Crippen LogP contribution in [0.1, 0.15) is 11.6 Å². The fourth-order valence-electron chi connectivity index (χ4n) is 2.48. The van der Waals surface area contributed by atoms with Crippen molar-refractivity contribution in [2.24, 2.45) is 0 Å². The van der Waals surface area contributed by atoms with Crippen LogP contribution in [0.15, 0.2) is 35.8 Å². The van der Waals surface area contributed by atoms with Gasteiger partial charge in [0.15, 0.2) is 11.2 Å². The molecule has 0 bridgehead atoms. The maximum atomic E-state index is 13.5. The number of benzene rings is 1. The van der Waals surface area contributed by atoms with Crippen molar-refractivity contribution < 1.29 is 18.7 Å². The Morgan fingerprint density at radius 3 is 3.04 bits per heavy atom. The number of nitrogens with zero attached hydrogens (tertiary/aromatic N) is 2. The van der Waals surface area contributed by atoms with E-state index in [0.29, 0.717) is 10.7 Å². The van der Waals surface area contributed by atoms with Crippen LogP contribution in [0.4, 0.5) is 9.52 Å². The molecule has 0 aliphatic carbocycles. The summed E-state index contributed by atoms with van der Waals surface area (Å²) in [6.07, 6.45) is 0.630. The average molecular weight is 335 g/mol. The zero-order valence-corrected chi connectivity index (χ0v) is 13.0. The molecule has 120 valence electrons. The highest BCUT2D eigenvalue weighted by molar-refractivity contribution is 7.13. The largest absolute Gasteiger partial charge is 0.356 e. The van der Waals surface area contributed by atoms with Crippen LogP contribution in [0, 0.1) is 5.82 Å². The van der Waals surface area contributed by atoms with Gasteiger partial charge in [-0.2, -0.15) is 0 Å². The van der Waals surface area contributed by atoms with Gasteiger partial charge in [-0.05, 0) is 17.7 Å². The second-order valence-corrected chi connectivity index (χ2v) is 5.96. The highest BCUT2D eigenvalue weighted by Gasteiger charge is 2.40. The number of hydrogen-bond donors (Lipinski definition) is 1. The molecule has 0 saturated carbocycles. The smallest absolute Gasteiger partial charge is 0.257 e. The Morgan fingerprint density at radius 2 is 2.35 bits per heavy atom. The first-order chi connectivity index (χ1) is 11.1. The van der Waals surface area contributed by atoms with E-state index in [1.165, 1.54) is 34.4 Å². The van der Waals surface area contributed by atoms with Gasteiger partial charge in [-0.3, -0.25) is 14.9 Å². The normalized spacial score (nSPS) is 21.3. The number of nitrogens with one attached hydrogen (secondary N) is 1. The van der Waals surface area contributed by atoms with Crippen molar-refractivity contribution >= 4 is 28.3 Å². The topological polar surface area (TPSA) is 71.5 Å². The molecule has 0 spiro atoms. The number of anilines is 1. The molecule has 2 aromatic rings. The molecule has 8 heteroatoms. The third kappa shape index (κ3) is 3.22. The lowest BCUT2D eigenvalue weighted by molar-refractivity contribution is -0.160. The molecular formula is C15H14FN3O3S. The van der Waals surface area contributed by atoms with Gasteiger partial charge in [-0.25, -0.2) is 9.37 Å². The minimum atomic E-state index is -0.941. The van der Waals surface area contributed by atoms with E-state index in [4.69, 9.17) is 4.74 Å². The number of likely N-dealkylation sites (N-methyl/N-ethyl adjacent to an activating group) is 1. The van der Waals surface area contributed by atoms with Crippen LogP contribution in [0.2, 0.25) is 0 Å². The van der Waals surface area contributed by atoms with E-state index in [1.54, 1.807) is 24.7 Å². The molecule has 1 aliphatic heterocycles. The van der Waals surface area contributed by atoms with E-state index >= 15 is 0 Å². The van der Waals surface area contributed by atoms with Crippen molar-refractivity contribution in [1.82, 2.24) is 9.88 Å². The van der Waals surface area contributed by atoms with E-state index in [1.807, 2.05) is 0 Å². The van der Waals surface area contributed by atoms with Gasteiger partial charge in [0.25, 0.3) is 5.91 Å². The highest BCUT2D eigenvalue weighted by atomic mass is 32.1. The second-order valence-electron chi connectivity index (χ2n) is 5.06. The maximum Gasteiger partial charge on any atom is 0.257 e. The summed E-state index contributed by atoms with van der Waals surface area (Å²) in [6.45, 7) is -0.196. The Morgan fingerprint density at radius 1 is 1.52 bits per heavy atom. The number of carbonyl (C=O) groups is 2. The van der Waals surface area contributed by atoms with Crippen LogP contribution in [0.5, 0.6) is 0 Å². The average Bonchev–Trinajstić information content (AvgIpc) is 3.02. The third-order valence-electron chi connectivity index (χ3n) is 3.59. The van der Waals surface area contributed by atoms with Crippen molar-refractivity contribution in [2.45, 2.75) is 12.1 Å². The van der Waals surface area contributed by atoms with Gasteiger partial charge in [0.2, 0.25) is 5.91 Å². The molecule has 6 nitrogen and oxygen atoms in total. The molecule has 1 saturated heterocycles. The number of rotatable bonds is 3. The summed E-state index contributed by atoms with van der Waals surface area (Å²) in [7, 11) is 1.57. The first kappa shape index (κ1) is 15.6. The summed E-state index contributed by atoms with van der Waals surface area (Å²) in [5.41, 5.74) is 0.500. The molecule has 2 atom stereocenters. The molecule has 1 aromatic heterocycles. The number of ether oxygens (including phenoxy) is 1. The van der Waals surface area contributed by atoms with Gasteiger partial charge in [0.05, 0.1) is 6.04 Å². The molecule has 23 heavy (non-hydrogen) atoms. The Balaban J connectivity index is 1.89. The van der Waals surface area contributed by atoms with Crippen LogP contribution in [-0.4, -0.2) is 41.5 Å².